The topological polar surface area (TPSA) is 38.3 Å². The van der Waals surface area contributed by atoms with Crippen LogP contribution in [0.15, 0.2) is 48.5 Å². The smallest absolute Gasteiger partial charge is 0.230 e. The van der Waals surface area contributed by atoms with Crippen LogP contribution in [0.1, 0.15) is 24.5 Å². The molecule has 0 radical (unpaired) electrons. The van der Waals surface area contributed by atoms with Crippen molar-refractivity contribution < 1.29 is 9.53 Å². The van der Waals surface area contributed by atoms with Gasteiger partial charge >= 0.3 is 0 Å². The van der Waals surface area contributed by atoms with Gasteiger partial charge < -0.3 is 10.1 Å². The second-order valence-corrected chi connectivity index (χ2v) is 7.04. The van der Waals surface area contributed by atoms with Gasteiger partial charge in [0.2, 0.25) is 5.91 Å². The van der Waals surface area contributed by atoms with Crippen molar-refractivity contribution in [2.24, 2.45) is 0 Å². The molecule has 0 atom stereocenters. The lowest BCUT2D eigenvalue weighted by Crippen LogP contribution is -2.26. The molecule has 0 saturated heterocycles. The van der Waals surface area contributed by atoms with Gasteiger partial charge in [-0.05, 0) is 49.1 Å². The van der Waals surface area contributed by atoms with E-state index in [9.17, 15) is 4.79 Å². The van der Waals surface area contributed by atoms with E-state index in [1.807, 2.05) is 49.4 Å². The highest BCUT2D eigenvalue weighted by molar-refractivity contribution is 7.99. The minimum atomic E-state index is 0.0806. The predicted molar refractivity (Wildman–Crippen MR) is 107 cm³/mol. The van der Waals surface area contributed by atoms with Crippen molar-refractivity contribution in [2.75, 3.05) is 18.9 Å². The summed E-state index contributed by atoms with van der Waals surface area (Å²) < 4.78 is 5.62. The van der Waals surface area contributed by atoms with Crippen molar-refractivity contribution in [1.82, 2.24) is 5.32 Å². The van der Waals surface area contributed by atoms with Crippen LogP contribution in [0, 0.1) is 0 Å². The highest BCUT2D eigenvalue weighted by atomic mass is 35.5. The maximum atomic E-state index is 11.9. The fourth-order valence-corrected chi connectivity index (χ4v) is 3.35. The van der Waals surface area contributed by atoms with Gasteiger partial charge in [-0.15, -0.1) is 11.8 Å². The van der Waals surface area contributed by atoms with Crippen LogP contribution in [0.2, 0.25) is 5.02 Å². The van der Waals surface area contributed by atoms with Gasteiger partial charge in [0.1, 0.15) is 5.75 Å². The Morgan fingerprint density at radius 2 is 1.92 bits per heavy atom. The molecule has 0 spiro atoms. The van der Waals surface area contributed by atoms with E-state index in [1.54, 1.807) is 11.8 Å². The Balaban J connectivity index is 1.61. The van der Waals surface area contributed by atoms with Crippen molar-refractivity contribution >= 4 is 29.3 Å². The van der Waals surface area contributed by atoms with Crippen molar-refractivity contribution in [3.8, 4) is 5.75 Å². The lowest BCUT2D eigenvalue weighted by molar-refractivity contribution is -0.118. The van der Waals surface area contributed by atoms with Crippen LogP contribution in [0.25, 0.3) is 0 Å². The van der Waals surface area contributed by atoms with Crippen LogP contribution in [0.3, 0.4) is 0 Å². The van der Waals surface area contributed by atoms with E-state index in [1.165, 1.54) is 11.1 Å². The van der Waals surface area contributed by atoms with Gasteiger partial charge in [0, 0.05) is 17.3 Å². The van der Waals surface area contributed by atoms with Crippen LogP contribution in [0.5, 0.6) is 5.75 Å². The molecule has 2 aromatic rings. The van der Waals surface area contributed by atoms with E-state index in [0.717, 1.165) is 29.4 Å². The van der Waals surface area contributed by atoms with Crippen molar-refractivity contribution in [1.29, 1.82) is 0 Å². The average Bonchev–Trinajstić information content (AvgIpc) is 2.62. The summed E-state index contributed by atoms with van der Waals surface area (Å²) in [5.74, 6) is 2.30. The zero-order valence-corrected chi connectivity index (χ0v) is 16.0. The first-order valence-electron chi connectivity index (χ1n) is 8.48. The van der Waals surface area contributed by atoms with Crippen LogP contribution in [0.4, 0.5) is 0 Å². The van der Waals surface area contributed by atoms with Gasteiger partial charge in [0.05, 0.1) is 12.4 Å². The number of hydrogen-bond donors (Lipinski definition) is 1. The van der Waals surface area contributed by atoms with E-state index in [-0.39, 0.29) is 5.91 Å². The van der Waals surface area contributed by atoms with Crippen LogP contribution >= 0.6 is 23.4 Å². The zero-order chi connectivity index (χ0) is 17.9. The van der Waals surface area contributed by atoms with E-state index in [2.05, 4.69) is 11.4 Å². The molecule has 2 aromatic carbocycles. The van der Waals surface area contributed by atoms with Crippen molar-refractivity contribution in [3.63, 3.8) is 0 Å². The molecule has 2 rings (SSSR count). The number of amides is 1. The number of ether oxygens (including phenoxy) is 1. The molecule has 0 aromatic heterocycles. The minimum absolute atomic E-state index is 0.0806. The second-order valence-electron chi connectivity index (χ2n) is 5.61. The Bertz CT molecular complexity index is 661. The number of benzene rings is 2. The van der Waals surface area contributed by atoms with Gasteiger partial charge in [0.25, 0.3) is 0 Å². The third kappa shape index (κ3) is 7.41. The normalized spacial score (nSPS) is 10.5. The van der Waals surface area contributed by atoms with Crippen LogP contribution in [-0.2, 0) is 17.0 Å². The highest BCUT2D eigenvalue weighted by Gasteiger charge is 2.04. The molecule has 134 valence electrons. The molecule has 25 heavy (non-hydrogen) atoms. The van der Waals surface area contributed by atoms with Gasteiger partial charge in [-0.25, -0.2) is 0 Å². The largest absolute Gasteiger partial charge is 0.494 e. The summed E-state index contributed by atoms with van der Waals surface area (Å²) >= 11 is 7.47. The summed E-state index contributed by atoms with van der Waals surface area (Å²) in [5, 5.41) is 3.71. The van der Waals surface area contributed by atoms with Gasteiger partial charge in [-0.2, -0.15) is 0 Å². The second kappa shape index (κ2) is 11.1. The number of carbonyl (C=O) groups is 1. The number of nitrogens with one attached hydrogen (secondary N) is 1. The van der Waals surface area contributed by atoms with E-state index in [0.29, 0.717) is 18.9 Å². The molecule has 1 N–H and O–H groups in total. The predicted octanol–water partition coefficient (Wildman–Crippen LogP) is 4.72. The molecular weight excluding hydrogens is 354 g/mol. The third-order valence-electron chi connectivity index (χ3n) is 3.63. The molecule has 3 nitrogen and oxygen atoms in total. The molecule has 0 fully saturated rings. The number of hydrogen-bond acceptors (Lipinski definition) is 3. The molecule has 0 bridgehead atoms. The van der Waals surface area contributed by atoms with E-state index in [4.69, 9.17) is 16.3 Å². The maximum Gasteiger partial charge on any atom is 0.230 e. The first kappa shape index (κ1) is 19.7. The Labute approximate surface area is 159 Å². The maximum absolute atomic E-state index is 11.9. The van der Waals surface area contributed by atoms with Crippen molar-refractivity contribution in [2.45, 2.75) is 25.5 Å². The Kier molecular flexibility index (Phi) is 8.70. The summed E-state index contributed by atoms with van der Waals surface area (Å²) in [7, 11) is 0. The summed E-state index contributed by atoms with van der Waals surface area (Å²) in [5.41, 5.74) is 2.37. The summed E-state index contributed by atoms with van der Waals surface area (Å²) in [6.45, 7) is 3.33. The summed E-state index contributed by atoms with van der Waals surface area (Å²) in [4.78, 5) is 11.9. The number of aryl methyl sites for hydroxylation is 1. The zero-order valence-electron chi connectivity index (χ0n) is 14.5. The average molecular weight is 378 g/mol. The molecule has 0 aliphatic carbocycles. The van der Waals surface area contributed by atoms with Crippen molar-refractivity contribution in [3.05, 3.63) is 64.7 Å². The van der Waals surface area contributed by atoms with Gasteiger partial charge in [-0.3, -0.25) is 4.79 Å². The molecule has 0 saturated carbocycles. The summed E-state index contributed by atoms with van der Waals surface area (Å²) in [6, 6.07) is 15.8. The number of rotatable bonds is 10. The molecule has 0 aliphatic heterocycles. The molecule has 0 unspecified atom stereocenters. The minimum Gasteiger partial charge on any atom is -0.494 e. The Morgan fingerprint density at radius 1 is 1.16 bits per heavy atom. The highest BCUT2D eigenvalue weighted by Crippen LogP contribution is 2.19. The molecule has 0 heterocycles. The monoisotopic (exact) mass is 377 g/mol. The summed E-state index contributed by atoms with van der Waals surface area (Å²) in [6.07, 6.45) is 1.80. The molecule has 5 heteroatoms. The molecule has 1 amide bonds. The van der Waals surface area contributed by atoms with E-state index >= 15 is 0 Å². The van der Waals surface area contributed by atoms with Crippen LogP contribution in [-0.4, -0.2) is 24.8 Å². The number of halogens is 1. The number of carbonyl (C=O) groups excluding carboxylic acids is 1. The third-order valence-corrected chi connectivity index (χ3v) is 4.89. The SMILES string of the molecule is CCOc1ccccc1CCCNC(=O)CSCc1ccc(Cl)cc1. The lowest BCUT2D eigenvalue weighted by atomic mass is 10.1. The van der Waals surface area contributed by atoms with E-state index < -0.39 is 0 Å². The standard InChI is InChI=1S/C20H24ClNO2S/c1-2-24-19-8-4-3-6-17(19)7-5-13-22-20(23)15-25-14-16-9-11-18(21)12-10-16/h3-4,6,8-12H,2,5,7,13-15H2,1H3,(H,22,23). The number of para-hydroxylation sites is 1. The quantitative estimate of drug-likeness (QED) is 0.609. The first-order chi connectivity index (χ1) is 12.2. The Hall–Kier alpha value is -1.65. The van der Waals surface area contributed by atoms with Crippen LogP contribution < -0.4 is 10.1 Å². The molecule has 0 aliphatic rings. The molecular formula is C20H24ClNO2S. The number of thioether (sulfide) groups is 1. The Morgan fingerprint density at radius 3 is 2.68 bits per heavy atom. The lowest BCUT2D eigenvalue weighted by Gasteiger charge is -2.10. The van der Waals surface area contributed by atoms with Gasteiger partial charge in [0.15, 0.2) is 0 Å². The fraction of sp³-hybridized carbons (Fsp3) is 0.350. The first-order valence-corrected chi connectivity index (χ1v) is 10.0. The van der Waals surface area contributed by atoms with Gasteiger partial charge in [-0.1, -0.05) is 41.9 Å². The fourth-order valence-electron chi connectivity index (χ4n) is 2.41.